The normalized spacial score (nSPS) is 17.0. The lowest BCUT2D eigenvalue weighted by Crippen LogP contribution is -2.36. The van der Waals surface area contributed by atoms with Crippen molar-refractivity contribution in [2.75, 3.05) is 32.5 Å². The zero-order chi connectivity index (χ0) is 27.8. The van der Waals surface area contributed by atoms with Gasteiger partial charge in [-0.2, -0.15) is 0 Å². The predicted octanol–water partition coefficient (Wildman–Crippen LogP) is 3.93. The SMILES string of the molecule is CN(C)C1CCN(C(=O)Cn2cc(-c3cc4nccc(Oc5ccc(NC(=O)NC6CC6)cc5F)c4s3)nn2)C1. The van der Waals surface area contributed by atoms with Crippen molar-refractivity contribution in [3.8, 4) is 22.1 Å². The first kappa shape index (κ1) is 26.1. The molecule has 0 bridgehead atoms. The minimum absolute atomic E-state index is 0.0151. The third-order valence-electron chi connectivity index (χ3n) is 7.03. The number of pyridine rings is 1. The van der Waals surface area contributed by atoms with Gasteiger partial charge in [0.2, 0.25) is 5.91 Å². The Labute approximate surface area is 233 Å². The van der Waals surface area contributed by atoms with Crippen LogP contribution < -0.4 is 15.4 Å². The molecule has 3 amide bonds. The Kier molecular flexibility index (Phi) is 7.07. The lowest BCUT2D eigenvalue weighted by molar-refractivity contribution is -0.131. The summed E-state index contributed by atoms with van der Waals surface area (Å²) in [4.78, 5) is 34.0. The van der Waals surface area contributed by atoms with Crippen LogP contribution in [0.5, 0.6) is 11.5 Å². The number of amides is 3. The third kappa shape index (κ3) is 5.75. The summed E-state index contributed by atoms with van der Waals surface area (Å²) in [5.41, 5.74) is 1.62. The van der Waals surface area contributed by atoms with Crippen molar-refractivity contribution in [3.63, 3.8) is 0 Å². The number of carbonyl (C=O) groups is 2. The lowest BCUT2D eigenvalue weighted by Gasteiger charge is -2.20. The average Bonchev–Trinajstić information content (AvgIpc) is 3.31. The molecule has 2 fully saturated rings. The summed E-state index contributed by atoms with van der Waals surface area (Å²) in [5, 5.41) is 13.9. The van der Waals surface area contributed by atoms with E-state index in [1.807, 2.05) is 25.1 Å². The highest BCUT2D eigenvalue weighted by Crippen LogP contribution is 2.39. The van der Waals surface area contributed by atoms with Crippen molar-refractivity contribution < 1.29 is 18.7 Å². The molecule has 0 radical (unpaired) electrons. The number of likely N-dealkylation sites (N-methyl/N-ethyl adjacent to an activating group) is 1. The fraction of sp³-hybridized carbons (Fsp3) is 0.370. The second-order valence-electron chi connectivity index (χ2n) is 10.3. The highest BCUT2D eigenvalue weighted by atomic mass is 32.1. The zero-order valence-corrected chi connectivity index (χ0v) is 22.9. The monoisotopic (exact) mass is 564 g/mol. The van der Waals surface area contributed by atoms with Gasteiger partial charge in [0.05, 0.1) is 21.3 Å². The first-order valence-electron chi connectivity index (χ1n) is 13.1. The van der Waals surface area contributed by atoms with Gasteiger partial charge in [0.1, 0.15) is 18.0 Å². The van der Waals surface area contributed by atoms with E-state index >= 15 is 0 Å². The summed E-state index contributed by atoms with van der Waals surface area (Å²) in [7, 11) is 4.06. The Morgan fingerprint density at radius 2 is 2.02 bits per heavy atom. The molecule has 1 aromatic carbocycles. The summed E-state index contributed by atoms with van der Waals surface area (Å²) in [5.74, 6) is -0.118. The molecule has 1 saturated heterocycles. The van der Waals surface area contributed by atoms with Crippen LogP contribution in [0.1, 0.15) is 19.3 Å². The van der Waals surface area contributed by atoms with Gasteiger partial charge in [-0.25, -0.2) is 13.9 Å². The van der Waals surface area contributed by atoms with Crippen molar-refractivity contribution >= 4 is 39.2 Å². The van der Waals surface area contributed by atoms with Crippen molar-refractivity contribution in [2.45, 2.75) is 37.9 Å². The summed E-state index contributed by atoms with van der Waals surface area (Å²) >= 11 is 1.39. The van der Waals surface area contributed by atoms with Crippen molar-refractivity contribution in [1.29, 1.82) is 0 Å². The van der Waals surface area contributed by atoms with E-state index in [-0.39, 0.29) is 30.3 Å². The van der Waals surface area contributed by atoms with Crippen molar-refractivity contribution in [1.82, 2.24) is 35.1 Å². The number of carbonyl (C=O) groups excluding carboxylic acids is 2. The Morgan fingerprint density at radius 3 is 2.77 bits per heavy atom. The standard InChI is InChI=1S/C27H29FN8O3S/c1-34(2)18-8-10-35(13-18)25(37)15-36-14-21(32-33-36)24-12-20-26(40-24)23(7-9-29-20)39-22-6-5-17(11-19(22)28)31-27(38)30-16-3-4-16/h5-7,9,11-12,14,16,18H,3-4,8,10,13,15H2,1-2H3,(H2,30,31,38). The van der Waals surface area contributed by atoms with Crippen LogP contribution in [0.25, 0.3) is 20.8 Å². The van der Waals surface area contributed by atoms with E-state index in [1.165, 1.54) is 23.5 Å². The number of nitrogens with one attached hydrogen (secondary N) is 2. The number of ether oxygens (including phenoxy) is 1. The molecular formula is C27H29FN8O3S. The van der Waals surface area contributed by atoms with Crippen molar-refractivity contribution in [3.05, 3.63) is 48.5 Å². The number of benzene rings is 1. The summed E-state index contributed by atoms with van der Waals surface area (Å²) in [6.07, 6.45) is 6.23. The van der Waals surface area contributed by atoms with Gasteiger partial charge in [-0.15, -0.1) is 16.4 Å². The molecule has 2 N–H and O–H groups in total. The molecule has 1 saturated carbocycles. The van der Waals surface area contributed by atoms with Gasteiger partial charge in [-0.05, 0) is 51.6 Å². The van der Waals surface area contributed by atoms with Crippen LogP contribution >= 0.6 is 11.3 Å². The minimum Gasteiger partial charge on any atom is -0.453 e. The maximum atomic E-state index is 14.8. The zero-order valence-electron chi connectivity index (χ0n) is 22.1. The van der Waals surface area contributed by atoms with Crippen molar-refractivity contribution in [2.24, 2.45) is 0 Å². The van der Waals surface area contributed by atoms with E-state index in [0.29, 0.717) is 35.2 Å². The molecule has 4 heterocycles. The maximum absolute atomic E-state index is 14.8. The number of fused-ring (bicyclic) bond motifs is 1. The van der Waals surface area contributed by atoms with E-state index in [0.717, 1.165) is 35.4 Å². The lowest BCUT2D eigenvalue weighted by atomic mass is 10.2. The molecule has 1 atom stereocenters. The summed E-state index contributed by atoms with van der Waals surface area (Å²) in [6, 6.07) is 8.06. The van der Waals surface area contributed by atoms with Crippen LogP contribution in [0.4, 0.5) is 14.9 Å². The fourth-order valence-corrected chi connectivity index (χ4v) is 5.61. The predicted molar refractivity (Wildman–Crippen MR) is 149 cm³/mol. The van der Waals surface area contributed by atoms with E-state index < -0.39 is 5.82 Å². The van der Waals surface area contributed by atoms with Gasteiger partial charge < -0.3 is 25.2 Å². The van der Waals surface area contributed by atoms with E-state index in [4.69, 9.17) is 4.74 Å². The molecule has 1 unspecified atom stereocenters. The first-order valence-corrected chi connectivity index (χ1v) is 13.9. The van der Waals surface area contributed by atoms with Crippen LogP contribution in [-0.4, -0.2) is 81.0 Å². The third-order valence-corrected chi connectivity index (χ3v) is 8.19. The van der Waals surface area contributed by atoms with Gasteiger partial charge in [0, 0.05) is 49.2 Å². The van der Waals surface area contributed by atoms with Gasteiger partial charge in [0.15, 0.2) is 11.6 Å². The molecule has 0 spiro atoms. The highest BCUT2D eigenvalue weighted by Gasteiger charge is 2.28. The summed E-state index contributed by atoms with van der Waals surface area (Å²) < 4.78 is 23.0. The van der Waals surface area contributed by atoms with Crippen LogP contribution in [0.3, 0.4) is 0 Å². The molecule has 13 heteroatoms. The first-order chi connectivity index (χ1) is 19.3. The van der Waals surface area contributed by atoms with Gasteiger partial charge in [0.25, 0.3) is 0 Å². The number of nitrogens with zero attached hydrogens (tertiary/aromatic N) is 6. The molecule has 3 aromatic heterocycles. The Balaban J connectivity index is 1.14. The van der Waals surface area contributed by atoms with E-state index in [2.05, 4.69) is 30.8 Å². The minimum atomic E-state index is -0.603. The summed E-state index contributed by atoms with van der Waals surface area (Å²) in [6.45, 7) is 1.58. The molecule has 208 valence electrons. The molecule has 11 nitrogen and oxygen atoms in total. The number of aromatic nitrogens is 4. The fourth-order valence-electron chi connectivity index (χ4n) is 4.60. The number of rotatable bonds is 8. The molecule has 4 aromatic rings. The van der Waals surface area contributed by atoms with Crippen LogP contribution in [-0.2, 0) is 11.3 Å². The van der Waals surface area contributed by atoms with Gasteiger partial charge in [-0.3, -0.25) is 9.78 Å². The largest absolute Gasteiger partial charge is 0.453 e. The number of likely N-dealkylation sites (tertiary alicyclic amines) is 1. The Hall–Kier alpha value is -4.10. The second-order valence-corrected chi connectivity index (χ2v) is 11.4. The highest BCUT2D eigenvalue weighted by molar-refractivity contribution is 7.22. The van der Waals surface area contributed by atoms with E-state index in [9.17, 15) is 14.0 Å². The van der Waals surface area contributed by atoms with Gasteiger partial charge >= 0.3 is 6.03 Å². The Bertz CT molecular complexity index is 1570. The van der Waals surface area contributed by atoms with Crippen LogP contribution in [0.2, 0.25) is 0 Å². The smallest absolute Gasteiger partial charge is 0.319 e. The number of hydrogen-bond donors (Lipinski definition) is 2. The van der Waals surface area contributed by atoms with Gasteiger partial charge in [-0.1, -0.05) is 5.21 Å². The molecule has 2 aliphatic rings. The van der Waals surface area contributed by atoms with Crippen LogP contribution in [0, 0.1) is 5.82 Å². The Morgan fingerprint density at radius 1 is 1.18 bits per heavy atom. The number of anilines is 1. The molecule has 1 aliphatic carbocycles. The quantitative estimate of drug-likeness (QED) is 0.333. The maximum Gasteiger partial charge on any atom is 0.319 e. The molecule has 40 heavy (non-hydrogen) atoms. The topological polar surface area (TPSA) is 118 Å². The number of urea groups is 1. The number of hydrogen-bond acceptors (Lipinski definition) is 8. The van der Waals surface area contributed by atoms with E-state index in [1.54, 1.807) is 29.2 Å². The number of halogens is 1. The number of thiophene rings is 1. The molecule has 1 aliphatic heterocycles. The second kappa shape index (κ2) is 10.8. The molecule has 6 rings (SSSR count). The van der Waals surface area contributed by atoms with Crippen LogP contribution in [0.15, 0.2) is 42.7 Å². The average molecular weight is 565 g/mol. The molecular weight excluding hydrogens is 535 g/mol.